The van der Waals surface area contributed by atoms with Crippen molar-refractivity contribution in [3.63, 3.8) is 0 Å². The minimum absolute atomic E-state index is 0.0730. The molecule has 26 heavy (non-hydrogen) atoms. The van der Waals surface area contributed by atoms with E-state index in [1.807, 2.05) is 42.5 Å². The third-order valence-electron chi connectivity index (χ3n) is 4.26. The van der Waals surface area contributed by atoms with Gasteiger partial charge in [-0.1, -0.05) is 46.3 Å². The molecular formula is C20H20BrN3O2. The summed E-state index contributed by atoms with van der Waals surface area (Å²) in [6, 6.07) is 15.1. The van der Waals surface area contributed by atoms with Crippen LogP contribution in [0.4, 0.5) is 0 Å². The van der Waals surface area contributed by atoms with Crippen LogP contribution in [0.15, 0.2) is 57.8 Å². The second kappa shape index (κ2) is 8.27. The van der Waals surface area contributed by atoms with E-state index in [0.29, 0.717) is 42.5 Å². The van der Waals surface area contributed by atoms with E-state index in [0.717, 1.165) is 10.0 Å². The predicted octanol–water partition coefficient (Wildman–Crippen LogP) is 3.67. The van der Waals surface area contributed by atoms with Crippen LogP contribution in [0.25, 0.3) is 10.9 Å². The molecule has 134 valence electrons. The van der Waals surface area contributed by atoms with Crippen molar-refractivity contribution in [2.75, 3.05) is 7.05 Å². The number of hydrogen-bond acceptors (Lipinski definition) is 3. The van der Waals surface area contributed by atoms with Crippen molar-refractivity contribution in [3.8, 4) is 0 Å². The Morgan fingerprint density at radius 2 is 1.88 bits per heavy atom. The number of halogens is 1. The summed E-state index contributed by atoms with van der Waals surface area (Å²) >= 11 is 3.50. The number of H-pyrrole nitrogens is 1. The van der Waals surface area contributed by atoms with Gasteiger partial charge in [-0.05, 0) is 30.2 Å². The summed E-state index contributed by atoms with van der Waals surface area (Å²) in [6.07, 6.45) is 1.62. The molecule has 0 unspecified atom stereocenters. The largest absolute Gasteiger partial charge is 0.341 e. The molecule has 0 aliphatic rings. The first-order valence-electron chi connectivity index (χ1n) is 8.50. The number of nitrogens with zero attached hydrogens (tertiary/aromatic N) is 2. The predicted molar refractivity (Wildman–Crippen MR) is 106 cm³/mol. The fourth-order valence-electron chi connectivity index (χ4n) is 2.82. The number of hydrogen-bond donors (Lipinski definition) is 1. The Bertz CT molecular complexity index is 984. The Kier molecular flexibility index (Phi) is 5.83. The van der Waals surface area contributed by atoms with E-state index in [9.17, 15) is 9.59 Å². The van der Waals surface area contributed by atoms with Gasteiger partial charge in [-0.15, -0.1) is 0 Å². The second-order valence-corrected chi connectivity index (χ2v) is 7.08. The number of amides is 1. The lowest BCUT2D eigenvalue weighted by Gasteiger charge is -2.18. The minimum atomic E-state index is -0.136. The Labute approximate surface area is 160 Å². The van der Waals surface area contributed by atoms with E-state index in [-0.39, 0.29) is 11.5 Å². The molecule has 0 radical (unpaired) electrons. The topological polar surface area (TPSA) is 66.1 Å². The first-order chi connectivity index (χ1) is 12.5. The summed E-state index contributed by atoms with van der Waals surface area (Å²) < 4.78 is 0.998. The zero-order valence-corrected chi connectivity index (χ0v) is 16.1. The van der Waals surface area contributed by atoms with E-state index in [2.05, 4.69) is 25.9 Å². The Morgan fingerprint density at radius 1 is 1.15 bits per heavy atom. The highest BCUT2D eigenvalue weighted by atomic mass is 79.9. The van der Waals surface area contributed by atoms with Crippen LogP contribution in [0.1, 0.15) is 24.2 Å². The van der Waals surface area contributed by atoms with E-state index in [1.54, 1.807) is 18.0 Å². The van der Waals surface area contributed by atoms with Gasteiger partial charge in [0.05, 0.1) is 10.9 Å². The van der Waals surface area contributed by atoms with Gasteiger partial charge < -0.3 is 9.88 Å². The molecule has 3 aromatic rings. The maximum atomic E-state index is 12.3. The Balaban J connectivity index is 1.57. The molecule has 0 aliphatic carbocycles. The van der Waals surface area contributed by atoms with Crippen LogP contribution in [-0.2, 0) is 17.8 Å². The number of nitrogens with one attached hydrogen (secondary N) is 1. The molecule has 0 saturated carbocycles. The van der Waals surface area contributed by atoms with Crippen molar-refractivity contribution in [1.82, 2.24) is 14.9 Å². The van der Waals surface area contributed by atoms with Crippen molar-refractivity contribution >= 4 is 32.7 Å². The SMILES string of the molecule is CN(Cc1ccccc1Br)C(=O)CCCc1nc2ccccc2c(=O)[nH]1. The van der Waals surface area contributed by atoms with Gasteiger partial charge in [-0.3, -0.25) is 9.59 Å². The molecule has 0 saturated heterocycles. The summed E-state index contributed by atoms with van der Waals surface area (Å²) in [5, 5.41) is 0.584. The normalized spacial score (nSPS) is 10.8. The lowest BCUT2D eigenvalue weighted by atomic mass is 10.1. The number of para-hydroxylation sites is 1. The van der Waals surface area contributed by atoms with Crippen LogP contribution in [0.5, 0.6) is 0 Å². The molecule has 2 aromatic carbocycles. The molecule has 1 aromatic heterocycles. The number of benzene rings is 2. The summed E-state index contributed by atoms with van der Waals surface area (Å²) in [4.78, 5) is 33.4. The summed E-state index contributed by atoms with van der Waals surface area (Å²) in [7, 11) is 1.80. The lowest BCUT2D eigenvalue weighted by molar-refractivity contribution is -0.130. The van der Waals surface area contributed by atoms with E-state index >= 15 is 0 Å². The van der Waals surface area contributed by atoms with E-state index in [4.69, 9.17) is 0 Å². The second-order valence-electron chi connectivity index (χ2n) is 6.22. The molecule has 0 aliphatic heterocycles. The van der Waals surface area contributed by atoms with Gasteiger partial charge >= 0.3 is 0 Å². The molecule has 0 bridgehead atoms. The molecule has 0 spiro atoms. The summed E-state index contributed by atoms with van der Waals surface area (Å²) in [5.41, 5.74) is 1.62. The smallest absolute Gasteiger partial charge is 0.258 e. The zero-order valence-electron chi connectivity index (χ0n) is 14.5. The molecular weight excluding hydrogens is 394 g/mol. The number of rotatable bonds is 6. The van der Waals surface area contributed by atoms with Crippen molar-refractivity contribution in [3.05, 3.63) is 74.7 Å². The number of carbonyl (C=O) groups excluding carboxylic acids is 1. The highest BCUT2D eigenvalue weighted by Gasteiger charge is 2.11. The van der Waals surface area contributed by atoms with Crippen molar-refractivity contribution in [2.24, 2.45) is 0 Å². The van der Waals surface area contributed by atoms with Gasteiger partial charge in [0, 0.05) is 30.9 Å². The van der Waals surface area contributed by atoms with Gasteiger partial charge in [0.1, 0.15) is 5.82 Å². The third-order valence-corrected chi connectivity index (χ3v) is 5.03. The fraction of sp³-hybridized carbons (Fsp3) is 0.250. The fourth-order valence-corrected chi connectivity index (χ4v) is 3.23. The maximum absolute atomic E-state index is 12.3. The average molecular weight is 414 g/mol. The third kappa shape index (κ3) is 4.38. The van der Waals surface area contributed by atoms with E-state index < -0.39 is 0 Å². The zero-order chi connectivity index (χ0) is 18.5. The van der Waals surface area contributed by atoms with Gasteiger partial charge in [-0.25, -0.2) is 4.98 Å². The van der Waals surface area contributed by atoms with Crippen molar-refractivity contribution in [2.45, 2.75) is 25.8 Å². The highest BCUT2D eigenvalue weighted by Crippen LogP contribution is 2.17. The van der Waals surface area contributed by atoms with Crippen LogP contribution in [0.3, 0.4) is 0 Å². The highest BCUT2D eigenvalue weighted by molar-refractivity contribution is 9.10. The first-order valence-corrected chi connectivity index (χ1v) is 9.29. The van der Waals surface area contributed by atoms with Crippen molar-refractivity contribution in [1.29, 1.82) is 0 Å². The Morgan fingerprint density at radius 3 is 2.69 bits per heavy atom. The van der Waals surface area contributed by atoms with Crippen LogP contribution >= 0.6 is 15.9 Å². The minimum Gasteiger partial charge on any atom is -0.341 e. The molecule has 5 nitrogen and oxygen atoms in total. The van der Waals surface area contributed by atoms with Gasteiger partial charge in [0.25, 0.3) is 5.56 Å². The molecule has 1 amide bonds. The van der Waals surface area contributed by atoms with Gasteiger partial charge in [0.2, 0.25) is 5.91 Å². The molecule has 3 rings (SSSR count). The quantitative estimate of drug-likeness (QED) is 0.670. The molecule has 0 atom stereocenters. The number of aryl methyl sites for hydroxylation is 1. The molecule has 1 N–H and O–H groups in total. The maximum Gasteiger partial charge on any atom is 0.258 e. The first kappa shape index (κ1) is 18.3. The number of carbonyl (C=O) groups is 1. The van der Waals surface area contributed by atoms with Crippen LogP contribution in [0.2, 0.25) is 0 Å². The molecule has 0 fully saturated rings. The number of aromatic nitrogens is 2. The number of aromatic amines is 1. The van der Waals surface area contributed by atoms with Crippen LogP contribution < -0.4 is 5.56 Å². The molecule has 6 heteroatoms. The monoisotopic (exact) mass is 413 g/mol. The van der Waals surface area contributed by atoms with Crippen molar-refractivity contribution < 1.29 is 4.79 Å². The Hall–Kier alpha value is -2.47. The van der Waals surface area contributed by atoms with Gasteiger partial charge in [-0.2, -0.15) is 0 Å². The summed E-state index contributed by atoms with van der Waals surface area (Å²) in [6.45, 7) is 0.561. The standard InChI is InChI=1S/C20H20BrN3O2/c1-24(13-14-7-2-4-9-16(14)21)19(25)12-6-11-18-22-17-10-5-3-8-15(17)20(26)23-18/h2-5,7-10H,6,11-13H2,1H3,(H,22,23,26). The van der Waals surface area contributed by atoms with E-state index in [1.165, 1.54) is 0 Å². The number of fused-ring (bicyclic) bond motifs is 1. The average Bonchev–Trinajstić information content (AvgIpc) is 2.63. The van der Waals surface area contributed by atoms with Crippen LogP contribution in [0, 0.1) is 0 Å². The summed E-state index contributed by atoms with van der Waals surface area (Å²) in [5.74, 6) is 0.693. The lowest BCUT2D eigenvalue weighted by Crippen LogP contribution is -2.26. The van der Waals surface area contributed by atoms with Gasteiger partial charge in [0.15, 0.2) is 0 Å². The molecule has 1 heterocycles. The van der Waals surface area contributed by atoms with Crippen LogP contribution in [-0.4, -0.2) is 27.8 Å².